The second-order valence-corrected chi connectivity index (χ2v) is 8.61. The van der Waals surface area contributed by atoms with E-state index in [-0.39, 0.29) is 4.90 Å². The van der Waals surface area contributed by atoms with Gasteiger partial charge in [0, 0.05) is 5.69 Å². The minimum atomic E-state index is -3.83. The van der Waals surface area contributed by atoms with E-state index in [9.17, 15) is 8.42 Å². The molecule has 0 aliphatic carbocycles. The minimum absolute atomic E-state index is 0.0946. The van der Waals surface area contributed by atoms with E-state index in [0.29, 0.717) is 34.4 Å². The van der Waals surface area contributed by atoms with E-state index in [1.807, 2.05) is 30.4 Å². The van der Waals surface area contributed by atoms with Crippen LogP contribution in [-0.4, -0.2) is 36.9 Å². The van der Waals surface area contributed by atoms with Crippen LogP contribution in [0.5, 0.6) is 23.0 Å². The molecule has 0 aromatic heterocycles. The molecule has 3 rings (SSSR count). The Morgan fingerprint density at radius 2 is 1.30 bits per heavy atom. The van der Waals surface area contributed by atoms with Crippen LogP contribution in [0.2, 0.25) is 0 Å². The van der Waals surface area contributed by atoms with E-state index in [2.05, 4.69) is 4.72 Å². The summed E-state index contributed by atoms with van der Waals surface area (Å²) >= 11 is 0. The van der Waals surface area contributed by atoms with Gasteiger partial charge in [0.2, 0.25) is 5.75 Å². The molecule has 8 nitrogen and oxygen atoms in total. The summed E-state index contributed by atoms with van der Waals surface area (Å²) in [7, 11) is 2.29. The van der Waals surface area contributed by atoms with E-state index in [4.69, 9.17) is 24.7 Å². The lowest BCUT2D eigenvalue weighted by molar-refractivity contribution is 0.324. The second kappa shape index (κ2) is 10.2. The summed E-state index contributed by atoms with van der Waals surface area (Å²) in [6, 6.07) is 14.8. The van der Waals surface area contributed by atoms with Gasteiger partial charge in [-0.3, -0.25) is 4.72 Å². The number of methoxy groups -OCH3 is 4. The normalized spacial score (nSPS) is 11.3. The fraction of sp³-hybridized carbons (Fsp3) is 0.167. The van der Waals surface area contributed by atoms with Crippen molar-refractivity contribution >= 4 is 33.6 Å². The Hall–Kier alpha value is -3.85. The zero-order valence-corrected chi connectivity index (χ0v) is 19.6. The molecule has 0 spiro atoms. The molecule has 0 fully saturated rings. The third kappa shape index (κ3) is 5.50. The molecule has 0 unspecified atom stereocenters. The van der Waals surface area contributed by atoms with Crippen LogP contribution in [0.1, 0.15) is 11.1 Å². The molecule has 3 N–H and O–H groups in total. The Morgan fingerprint density at radius 3 is 1.85 bits per heavy atom. The van der Waals surface area contributed by atoms with E-state index >= 15 is 0 Å². The van der Waals surface area contributed by atoms with Gasteiger partial charge in [0.1, 0.15) is 5.75 Å². The van der Waals surface area contributed by atoms with Gasteiger partial charge in [-0.15, -0.1) is 0 Å². The van der Waals surface area contributed by atoms with Crippen molar-refractivity contribution in [2.24, 2.45) is 0 Å². The fourth-order valence-electron chi connectivity index (χ4n) is 3.15. The lowest BCUT2D eigenvalue weighted by Crippen LogP contribution is -2.13. The van der Waals surface area contributed by atoms with Crippen molar-refractivity contribution in [2.75, 3.05) is 38.9 Å². The van der Waals surface area contributed by atoms with Gasteiger partial charge in [-0.05, 0) is 59.7 Å². The maximum atomic E-state index is 12.8. The smallest absolute Gasteiger partial charge is 0.262 e. The van der Waals surface area contributed by atoms with Gasteiger partial charge in [0.05, 0.1) is 39.0 Å². The maximum absolute atomic E-state index is 12.8. The third-order valence-corrected chi connectivity index (χ3v) is 6.19. The standard InChI is InChI=1S/C24H26N2O6S/c1-29-21-12-7-16(5-6-17-14-22(30-2)24(32-4)23(15-17)31-3)13-20(21)26-33(27,28)19-10-8-18(25)9-11-19/h5-15,26H,25H2,1-4H3. The summed E-state index contributed by atoms with van der Waals surface area (Å²) < 4.78 is 49.6. The zero-order chi connectivity index (χ0) is 24.0. The number of hydrogen-bond acceptors (Lipinski definition) is 7. The van der Waals surface area contributed by atoms with Crippen molar-refractivity contribution in [3.8, 4) is 23.0 Å². The summed E-state index contributed by atoms with van der Waals surface area (Å²) in [6.45, 7) is 0. The number of sulfonamides is 1. The highest BCUT2D eigenvalue weighted by atomic mass is 32.2. The number of anilines is 2. The molecule has 0 aliphatic rings. The van der Waals surface area contributed by atoms with Gasteiger partial charge >= 0.3 is 0 Å². The highest BCUT2D eigenvalue weighted by Crippen LogP contribution is 2.38. The molecule has 0 amide bonds. The second-order valence-electron chi connectivity index (χ2n) is 6.93. The third-order valence-electron chi connectivity index (χ3n) is 4.81. The molecular formula is C24H26N2O6S. The number of nitrogen functional groups attached to an aromatic ring is 1. The van der Waals surface area contributed by atoms with Gasteiger partial charge in [0.15, 0.2) is 11.5 Å². The summed E-state index contributed by atoms with van der Waals surface area (Å²) in [6.07, 6.45) is 3.69. The van der Waals surface area contributed by atoms with Gasteiger partial charge in [-0.2, -0.15) is 0 Å². The lowest BCUT2D eigenvalue weighted by atomic mass is 10.1. The van der Waals surface area contributed by atoms with Crippen LogP contribution in [0.15, 0.2) is 59.5 Å². The number of benzene rings is 3. The Labute approximate surface area is 193 Å². The molecule has 0 bridgehead atoms. The van der Waals surface area contributed by atoms with Crippen molar-refractivity contribution in [3.05, 3.63) is 65.7 Å². The molecule has 0 radical (unpaired) electrons. The first-order valence-electron chi connectivity index (χ1n) is 9.85. The van der Waals surface area contributed by atoms with Crippen molar-refractivity contribution in [3.63, 3.8) is 0 Å². The molecule has 0 heterocycles. The topological polar surface area (TPSA) is 109 Å². The van der Waals surface area contributed by atoms with Crippen LogP contribution in [0.4, 0.5) is 11.4 Å². The monoisotopic (exact) mass is 470 g/mol. The van der Waals surface area contributed by atoms with Crippen LogP contribution >= 0.6 is 0 Å². The summed E-state index contributed by atoms with van der Waals surface area (Å²) in [4.78, 5) is 0.0946. The Kier molecular flexibility index (Phi) is 7.34. The van der Waals surface area contributed by atoms with E-state index in [1.54, 1.807) is 33.5 Å². The predicted molar refractivity (Wildman–Crippen MR) is 130 cm³/mol. The van der Waals surface area contributed by atoms with Crippen molar-refractivity contribution < 1.29 is 27.4 Å². The predicted octanol–water partition coefficient (Wildman–Crippen LogP) is 4.27. The molecule has 0 aliphatic heterocycles. The molecular weight excluding hydrogens is 444 g/mol. The van der Waals surface area contributed by atoms with Gasteiger partial charge in [0.25, 0.3) is 10.0 Å². The first-order valence-corrected chi connectivity index (χ1v) is 11.3. The Bertz CT molecular complexity index is 1230. The van der Waals surface area contributed by atoms with Gasteiger partial charge in [-0.25, -0.2) is 8.42 Å². The SMILES string of the molecule is COc1ccc(C=Cc2cc(OC)c(OC)c(OC)c2)cc1NS(=O)(=O)c1ccc(N)cc1. The number of nitrogens with two attached hydrogens (primary N) is 1. The highest BCUT2D eigenvalue weighted by Gasteiger charge is 2.17. The molecule has 3 aromatic rings. The lowest BCUT2D eigenvalue weighted by Gasteiger charge is -2.13. The molecule has 33 heavy (non-hydrogen) atoms. The first kappa shape index (κ1) is 23.8. The quantitative estimate of drug-likeness (QED) is 0.355. The zero-order valence-electron chi connectivity index (χ0n) is 18.8. The number of rotatable bonds is 9. The molecule has 3 aromatic carbocycles. The fourth-order valence-corrected chi connectivity index (χ4v) is 4.21. The van der Waals surface area contributed by atoms with Gasteiger partial charge < -0.3 is 24.7 Å². The first-order chi connectivity index (χ1) is 15.8. The number of nitrogens with one attached hydrogen (secondary N) is 1. The van der Waals surface area contributed by atoms with Crippen molar-refractivity contribution in [1.29, 1.82) is 0 Å². The highest BCUT2D eigenvalue weighted by molar-refractivity contribution is 7.92. The van der Waals surface area contributed by atoms with E-state index in [0.717, 1.165) is 11.1 Å². The largest absolute Gasteiger partial charge is 0.495 e. The summed E-state index contributed by atoms with van der Waals surface area (Å²) in [5.41, 5.74) is 8.00. The van der Waals surface area contributed by atoms with Crippen molar-refractivity contribution in [1.82, 2.24) is 0 Å². The minimum Gasteiger partial charge on any atom is -0.495 e. The maximum Gasteiger partial charge on any atom is 0.262 e. The Morgan fingerprint density at radius 1 is 0.727 bits per heavy atom. The number of hydrogen-bond donors (Lipinski definition) is 2. The average Bonchev–Trinajstić information content (AvgIpc) is 2.82. The molecule has 174 valence electrons. The molecule has 0 saturated carbocycles. The molecule has 0 atom stereocenters. The van der Waals surface area contributed by atoms with E-state index < -0.39 is 10.0 Å². The number of ether oxygens (including phenoxy) is 4. The molecule has 0 saturated heterocycles. The average molecular weight is 471 g/mol. The molecule has 9 heteroatoms. The van der Waals surface area contributed by atoms with Crippen LogP contribution in [0, 0.1) is 0 Å². The van der Waals surface area contributed by atoms with Crippen molar-refractivity contribution in [2.45, 2.75) is 4.90 Å². The van der Waals surface area contributed by atoms with Crippen LogP contribution < -0.4 is 29.4 Å². The van der Waals surface area contributed by atoms with Crippen LogP contribution in [-0.2, 0) is 10.0 Å². The van der Waals surface area contributed by atoms with Gasteiger partial charge in [-0.1, -0.05) is 18.2 Å². The van der Waals surface area contributed by atoms with Crippen LogP contribution in [0.25, 0.3) is 12.2 Å². The summed E-state index contributed by atoms with van der Waals surface area (Å²) in [5.74, 6) is 1.95. The summed E-state index contributed by atoms with van der Waals surface area (Å²) in [5, 5.41) is 0. The Balaban J connectivity index is 1.93. The van der Waals surface area contributed by atoms with Crippen LogP contribution in [0.3, 0.4) is 0 Å². The van der Waals surface area contributed by atoms with E-state index in [1.165, 1.54) is 31.4 Å².